The van der Waals surface area contributed by atoms with Gasteiger partial charge >= 0.3 is 0 Å². The van der Waals surface area contributed by atoms with Gasteiger partial charge in [-0.15, -0.1) is 0 Å². The van der Waals surface area contributed by atoms with E-state index in [1.165, 1.54) is 4.90 Å². The number of rotatable bonds is 8. The maximum absolute atomic E-state index is 13.4. The summed E-state index contributed by atoms with van der Waals surface area (Å²) >= 11 is 6.23. The van der Waals surface area contributed by atoms with Crippen LogP contribution in [0, 0.1) is 0 Å². The minimum atomic E-state index is -0.769. The number of nitrogens with zero attached hydrogens (tertiary/aromatic N) is 1. The zero-order valence-electron chi connectivity index (χ0n) is 21.3. The van der Waals surface area contributed by atoms with E-state index in [1.807, 2.05) is 43.3 Å². The summed E-state index contributed by atoms with van der Waals surface area (Å²) in [5.41, 5.74) is 3.07. The number of ketones is 1. The van der Waals surface area contributed by atoms with Crippen LogP contribution in [0.1, 0.15) is 55.0 Å². The number of carbonyl (C=O) groups excluding carboxylic acids is 2. The third-order valence-corrected chi connectivity index (χ3v) is 6.79. The van der Waals surface area contributed by atoms with Gasteiger partial charge in [-0.3, -0.25) is 9.59 Å². The van der Waals surface area contributed by atoms with E-state index < -0.39 is 17.7 Å². The number of likely N-dealkylation sites (tertiary alicyclic amines) is 1. The first-order valence-corrected chi connectivity index (χ1v) is 12.6. The highest BCUT2D eigenvalue weighted by molar-refractivity contribution is 6.46. The SMILES string of the molecule is CCOc1cc(/C(O)=C2/C(=O)C(=O)N(Cc3ccc(OC)cc3)C2c2ccc(C(C)C)cc2)ccc1Cl. The molecule has 1 N–H and O–H groups in total. The van der Waals surface area contributed by atoms with E-state index in [0.717, 1.165) is 16.7 Å². The van der Waals surface area contributed by atoms with E-state index in [-0.39, 0.29) is 17.9 Å². The van der Waals surface area contributed by atoms with Gasteiger partial charge in [-0.2, -0.15) is 0 Å². The quantitative estimate of drug-likeness (QED) is 0.209. The highest BCUT2D eigenvalue weighted by atomic mass is 35.5. The Bertz CT molecular complexity index is 1330. The second-order valence-electron chi connectivity index (χ2n) is 9.17. The average Bonchev–Trinajstić information content (AvgIpc) is 3.15. The second-order valence-corrected chi connectivity index (χ2v) is 9.58. The Morgan fingerprint density at radius 1 is 1.03 bits per heavy atom. The number of Topliss-reactive ketones (excluding diaryl/α,β-unsaturated/α-hetero) is 1. The van der Waals surface area contributed by atoms with Crippen molar-refractivity contribution in [2.75, 3.05) is 13.7 Å². The highest BCUT2D eigenvalue weighted by Gasteiger charge is 2.46. The van der Waals surface area contributed by atoms with Gasteiger partial charge in [-0.25, -0.2) is 0 Å². The van der Waals surface area contributed by atoms with Crippen LogP contribution in [-0.4, -0.2) is 35.4 Å². The lowest BCUT2D eigenvalue weighted by molar-refractivity contribution is -0.140. The molecule has 1 heterocycles. The van der Waals surface area contributed by atoms with Crippen molar-refractivity contribution in [2.24, 2.45) is 0 Å². The summed E-state index contributed by atoms with van der Waals surface area (Å²) in [5, 5.41) is 11.8. The fourth-order valence-electron chi connectivity index (χ4n) is 4.45. The number of ether oxygens (including phenoxy) is 2. The molecule has 7 heteroatoms. The molecule has 1 fully saturated rings. The molecule has 0 saturated carbocycles. The third-order valence-electron chi connectivity index (χ3n) is 6.48. The Morgan fingerprint density at radius 2 is 1.70 bits per heavy atom. The fraction of sp³-hybridized carbons (Fsp3) is 0.267. The van der Waals surface area contributed by atoms with Crippen LogP contribution in [-0.2, 0) is 16.1 Å². The molecule has 3 aromatic carbocycles. The molecule has 1 aliphatic heterocycles. The molecule has 0 bridgehead atoms. The van der Waals surface area contributed by atoms with Crippen LogP contribution >= 0.6 is 11.6 Å². The van der Waals surface area contributed by atoms with Crippen molar-refractivity contribution in [1.82, 2.24) is 4.90 Å². The fourth-order valence-corrected chi connectivity index (χ4v) is 4.62. The summed E-state index contributed by atoms with van der Waals surface area (Å²) in [6, 6.07) is 19.1. The summed E-state index contributed by atoms with van der Waals surface area (Å²) in [6.07, 6.45) is 0. The maximum atomic E-state index is 13.4. The van der Waals surface area contributed by atoms with Crippen molar-refractivity contribution >= 4 is 29.1 Å². The molecule has 6 nitrogen and oxygen atoms in total. The Balaban J connectivity index is 1.83. The van der Waals surface area contributed by atoms with Crippen molar-refractivity contribution < 1.29 is 24.2 Å². The molecule has 1 amide bonds. The molecule has 37 heavy (non-hydrogen) atoms. The van der Waals surface area contributed by atoms with Crippen LogP contribution in [0.3, 0.4) is 0 Å². The monoisotopic (exact) mass is 519 g/mol. The Hall–Kier alpha value is -3.77. The predicted molar refractivity (Wildman–Crippen MR) is 144 cm³/mol. The number of carbonyl (C=O) groups is 2. The van der Waals surface area contributed by atoms with Gasteiger partial charge in [0.05, 0.1) is 30.4 Å². The molecule has 0 aromatic heterocycles. The predicted octanol–water partition coefficient (Wildman–Crippen LogP) is 6.49. The minimum Gasteiger partial charge on any atom is -0.507 e. The number of benzene rings is 3. The molecule has 3 aromatic rings. The van der Waals surface area contributed by atoms with Gasteiger partial charge in [0.15, 0.2) is 0 Å². The number of methoxy groups -OCH3 is 1. The van der Waals surface area contributed by atoms with Gasteiger partial charge in [0.1, 0.15) is 17.3 Å². The van der Waals surface area contributed by atoms with Crippen molar-refractivity contribution in [3.63, 3.8) is 0 Å². The Kier molecular flexibility index (Phi) is 7.89. The van der Waals surface area contributed by atoms with Crippen LogP contribution in [0.2, 0.25) is 5.02 Å². The van der Waals surface area contributed by atoms with Gasteiger partial charge in [0, 0.05) is 12.1 Å². The standard InChI is InChI=1S/C30H30ClNO5/c1-5-37-25-16-22(12-15-24(25)31)28(33)26-27(21-10-8-20(9-11-21)18(2)3)32(30(35)29(26)34)17-19-6-13-23(36-4)14-7-19/h6-16,18,27,33H,5,17H2,1-4H3/b28-26-. The molecular weight excluding hydrogens is 490 g/mol. The summed E-state index contributed by atoms with van der Waals surface area (Å²) in [6.45, 7) is 6.60. The summed E-state index contributed by atoms with van der Waals surface area (Å²) < 4.78 is 10.8. The number of halogens is 1. The lowest BCUT2D eigenvalue weighted by Crippen LogP contribution is -2.29. The summed E-state index contributed by atoms with van der Waals surface area (Å²) in [4.78, 5) is 28.2. The third kappa shape index (κ3) is 5.35. The van der Waals surface area contributed by atoms with Gasteiger partial charge in [0.25, 0.3) is 11.7 Å². The molecule has 0 aliphatic carbocycles. The molecular formula is C30H30ClNO5. The van der Waals surface area contributed by atoms with Gasteiger partial charge in [0.2, 0.25) is 0 Å². The zero-order valence-corrected chi connectivity index (χ0v) is 22.1. The van der Waals surface area contributed by atoms with E-state index in [4.69, 9.17) is 21.1 Å². The average molecular weight is 520 g/mol. The van der Waals surface area contributed by atoms with Crippen LogP contribution in [0.15, 0.2) is 72.3 Å². The molecule has 0 spiro atoms. The largest absolute Gasteiger partial charge is 0.507 e. The number of aliphatic hydroxyl groups is 1. The van der Waals surface area contributed by atoms with Crippen molar-refractivity contribution in [1.29, 1.82) is 0 Å². The first-order chi connectivity index (χ1) is 17.7. The van der Waals surface area contributed by atoms with Crippen LogP contribution in [0.4, 0.5) is 0 Å². The lowest BCUT2D eigenvalue weighted by atomic mass is 9.93. The van der Waals surface area contributed by atoms with Gasteiger partial charge in [-0.1, -0.05) is 61.8 Å². The van der Waals surface area contributed by atoms with E-state index in [1.54, 1.807) is 37.4 Å². The van der Waals surface area contributed by atoms with Crippen molar-refractivity contribution in [2.45, 2.75) is 39.3 Å². The molecule has 192 valence electrons. The minimum absolute atomic E-state index is 0.0283. The number of hydrogen-bond acceptors (Lipinski definition) is 5. The Labute approximate surface area is 222 Å². The number of hydrogen-bond donors (Lipinski definition) is 1. The maximum Gasteiger partial charge on any atom is 0.295 e. The first kappa shape index (κ1) is 26.3. The first-order valence-electron chi connectivity index (χ1n) is 12.2. The smallest absolute Gasteiger partial charge is 0.295 e. The highest BCUT2D eigenvalue weighted by Crippen LogP contribution is 2.41. The summed E-state index contributed by atoms with van der Waals surface area (Å²) in [5.74, 6) is -0.277. The Morgan fingerprint density at radius 3 is 2.30 bits per heavy atom. The molecule has 1 atom stereocenters. The zero-order chi connectivity index (χ0) is 26.7. The van der Waals surface area contributed by atoms with Crippen molar-refractivity contribution in [3.8, 4) is 11.5 Å². The van der Waals surface area contributed by atoms with Crippen LogP contribution in [0.5, 0.6) is 11.5 Å². The van der Waals surface area contributed by atoms with Gasteiger partial charge < -0.3 is 19.5 Å². The van der Waals surface area contributed by atoms with Crippen LogP contribution < -0.4 is 9.47 Å². The molecule has 0 radical (unpaired) electrons. The van der Waals surface area contributed by atoms with Crippen LogP contribution in [0.25, 0.3) is 5.76 Å². The van der Waals surface area contributed by atoms with E-state index in [2.05, 4.69) is 13.8 Å². The second kappa shape index (κ2) is 11.1. The van der Waals surface area contributed by atoms with E-state index in [9.17, 15) is 14.7 Å². The molecule has 1 unspecified atom stereocenters. The normalized spacial score (nSPS) is 16.9. The van der Waals surface area contributed by atoms with Gasteiger partial charge in [-0.05, 0) is 59.9 Å². The van der Waals surface area contributed by atoms with E-state index >= 15 is 0 Å². The lowest BCUT2D eigenvalue weighted by Gasteiger charge is -2.26. The topological polar surface area (TPSA) is 76.1 Å². The number of amides is 1. The number of aliphatic hydroxyl groups excluding tert-OH is 1. The molecule has 1 aliphatic rings. The summed E-state index contributed by atoms with van der Waals surface area (Å²) in [7, 11) is 1.59. The van der Waals surface area contributed by atoms with Crippen molar-refractivity contribution in [3.05, 3.63) is 99.6 Å². The molecule has 1 saturated heterocycles. The molecule has 4 rings (SSSR count). The van der Waals surface area contributed by atoms with E-state index in [0.29, 0.717) is 34.6 Å².